The monoisotopic (exact) mass is 428 g/mol. The molecule has 0 spiro atoms. The van der Waals surface area contributed by atoms with Crippen LogP contribution in [-0.4, -0.2) is 53.7 Å². The summed E-state index contributed by atoms with van der Waals surface area (Å²) in [4.78, 5) is 30.7. The first-order valence-corrected chi connectivity index (χ1v) is 10.4. The molecule has 166 valence electrons. The Morgan fingerprint density at radius 1 is 1.20 bits per heavy atom. The predicted octanol–water partition coefficient (Wildman–Crippen LogP) is 4.00. The first-order valence-electron chi connectivity index (χ1n) is 10.4. The fraction of sp³-hybridized carbons (Fsp3) is 0.667. The molecule has 0 radical (unpaired) electrons. The molecule has 3 rings (SSSR count). The number of hydrogen-bond donors (Lipinski definition) is 0. The molecule has 1 unspecified atom stereocenters. The number of likely N-dealkylation sites (tertiary alicyclic amines) is 1. The van der Waals surface area contributed by atoms with Crippen molar-refractivity contribution in [1.29, 1.82) is 0 Å². The van der Waals surface area contributed by atoms with Gasteiger partial charge >= 0.3 is 12.1 Å². The number of carbonyl (C=O) groups excluding carboxylic acids is 2. The third-order valence-corrected chi connectivity index (χ3v) is 5.87. The summed E-state index contributed by atoms with van der Waals surface area (Å²) in [6.07, 6.45) is -0.597. The number of esters is 1. The second kappa shape index (κ2) is 9.66. The van der Waals surface area contributed by atoms with Crippen molar-refractivity contribution in [1.82, 2.24) is 9.88 Å². The van der Waals surface area contributed by atoms with Gasteiger partial charge in [-0.1, -0.05) is 0 Å². The molecule has 1 aliphatic heterocycles. The molecular weight excluding hydrogens is 401 g/mol. The third-order valence-electron chi connectivity index (χ3n) is 5.87. The molecule has 0 aromatic carbocycles. The Bertz CT molecular complexity index is 748. The largest absolute Gasteiger partial charge is 0.489 e. The van der Waals surface area contributed by atoms with Gasteiger partial charge in [0.25, 0.3) is 0 Å². The number of nitrogens with zero attached hydrogens (tertiary/aromatic N) is 2. The van der Waals surface area contributed by atoms with Crippen LogP contribution in [0.1, 0.15) is 55.9 Å². The minimum Gasteiger partial charge on any atom is -0.489 e. The van der Waals surface area contributed by atoms with Crippen LogP contribution in [0.25, 0.3) is 0 Å². The van der Waals surface area contributed by atoms with Gasteiger partial charge in [-0.2, -0.15) is 13.2 Å². The fourth-order valence-corrected chi connectivity index (χ4v) is 4.25. The lowest BCUT2D eigenvalue weighted by Crippen LogP contribution is -2.44. The number of alkyl halides is 3. The molecule has 1 saturated heterocycles. The molecule has 1 amide bonds. The van der Waals surface area contributed by atoms with Crippen LogP contribution in [0.3, 0.4) is 0 Å². The van der Waals surface area contributed by atoms with Crippen LogP contribution in [0.2, 0.25) is 0 Å². The van der Waals surface area contributed by atoms with Gasteiger partial charge in [-0.25, -0.2) is 9.78 Å². The summed E-state index contributed by atoms with van der Waals surface area (Å²) in [5, 5.41) is 0. The topological polar surface area (TPSA) is 68.7 Å². The van der Waals surface area contributed by atoms with Gasteiger partial charge in [-0.05, 0) is 57.6 Å². The van der Waals surface area contributed by atoms with E-state index in [1.165, 1.54) is 6.20 Å². The molecule has 9 heteroatoms. The zero-order chi connectivity index (χ0) is 21.7. The van der Waals surface area contributed by atoms with Crippen molar-refractivity contribution >= 4 is 11.9 Å². The smallest absolute Gasteiger partial charge is 0.391 e. The van der Waals surface area contributed by atoms with Crippen molar-refractivity contribution < 1.29 is 32.2 Å². The van der Waals surface area contributed by atoms with Crippen LogP contribution in [0.4, 0.5) is 13.2 Å². The van der Waals surface area contributed by atoms with Crippen LogP contribution in [-0.2, 0) is 9.53 Å². The molecule has 1 aromatic rings. The van der Waals surface area contributed by atoms with Crippen LogP contribution in [0, 0.1) is 11.8 Å². The number of pyridine rings is 1. The lowest BCUT2D eigenvalue weighted by Gasteiger charge is -2.33. The number of halogens is 3. The average molecular weight is 428 g/mol. The van der Waals surface area contributed by atoms with Crippen LogP contribution in [0.5, 0.6) is 5.75 Å². The Kier molecular flexibility index (Phi) is 7.20. The number of amides is 1. The molecule has 1 saturated carbocycles. The number of rotatable bonds is 6. The van der Waals surface area contributed by atoms with E-state index >= 15 is 0 Å². The molecular formula is C21H27F3N2O4. The van der Waals surface area contributed by atoms with Crippen LogP contribution < -0.4 is 4.74 Å². The van der Waals surface area contributed by atoms with Crippen molar-refractivity contribution in [3.05, 3.63) is 24.0 Å². The van der Waals surface area contributed by atoms with E-state index in [0.717, 1.165) is 12.8 Å². The second-order valence-corrected chi connectivity index (χ2v) is 7.80. The molecule has 0 N–H and O–H groups in total. The molecule has 6 nitrogen and oxygen atoms in total. The summed E-state index contributed by atoms with van der Waals surface area (Å²) in [5.41, 5.74) is 0.0840. The maximum absolute atomic E-state index is 12.9. The molecule has 30 heavy (non-hydrogen) atoms. The van der Waals surface area contributed by atoms with E-state index < -0.39 is 18.1 Å². The zero-order valence-electron chi connectivity index (χ0n) is 17.0. The molecule has 1 aromatic heterocycles. The standard InChI is InChI=1S/C21H27F3N2O4/c1-2-29-20(28)18-17(6-3-11-25-18)30-13-16-5-4-12-26(16)19(27)14-7-9-15(10-8-14)21(22,23)24/h3,6,11,14-16H,2,4-5,7-10,12-13H2,1H3. The Morgan fingerprint density at radius 2 is 1.93 bits per heavy atom. The van der Waals surface area contributed by atoms with E-state index in [0.29, 0.717) is 12.3 Å². The van der Waals surface area contributed by atoms with Crippen molar-refractivity contribution in [2.45, 2.75) is 57.7 Å². The van der Waals surface area contributed by atoms with Gasteiger partial charge in [0.15, 0.2) is 11.4 Å². The maximum Gasteiger partial charge on any atom is 0.391 e. The summed E-state index contributed by atoms with van der Waals surface area (Å²) in [6, 6.07) is 3.10. The van der Waals surface area contributed by atoms with Crippen LogP contribution in [0.15, 0.2) is 18.3 Å². The lowest BCUT2D eigenvalue weighted by molar-refractivity contribution is -0.185. The first-order chi connectivity index (χ1) is 14.3. The number of hydrogen-bond acceptors (Lipinski definition) is 5. The van der Waals surface area contributed by atoms with Crippen molar-refractivity contribution in [2.24, 2.45) is 11.8 Å². The second-order valence-electron chi connectivity index (χ2n) is 7.80. The van der Waals surface area contributed by atoms with E-state index in [1.807, 2.05) is 0 Å². The number of ether oxygens (including phenoxy) is 2. The maximum atomic E-state index is 12.9. The van der Waals surface area contributed by atoms with E-state index in [-0.39, 0.29) is 62.5 Å². The summed E-state index contributed by atoms with van der Waals surface area (Å²) < 4.78 is 49.4. The fourth-order valence-electron chi connectivity index (χ4n) is 4.25. The van der Waals surface area contributed by atoms with Gasteiger partial charge in [-0.3, -0.25) is 4.79 Å². The van der Waals surface area contributed by atoms with E-state index in [9.17, 15) is 22.8 Å². The van der Waals surface area contributed by atoms with Crippen molar-refractivity contribution in [3.63, 3.8) is 0 Å². The SMILES string of the molecule is CCOC(=O)c1ncccc1OCC1CCCN1C(=O)C1CCC(C(F)(F)F)CC1. The van der Waals surface area contributed by atoms with Gasteiger partial charge in [0, 0.05) is 18.7 Å². The highest BCUT2D eigenvalue weighted by Crippen LogP contribution is 2.40. The summed E-state index contributed by atoms with van der Waals surface area (Å²) in [6.45, 7) is 2.69. The lowest BCUT2D eigenvalue weighted by atomic mass is 9.81. The predicted molar refractivity (Wildman–Crippen MR) is 102 cm³/mol. The van der Waals surface area contributed by atoms with Crippen molar-refractivity contribution in [3.8, 4) is 5.75 Å². The summed E-state index contributed by atoms with van der Waals surface area (Å²) >= 11 is 0. The third kappa shape index (κ3) is 5.23. The zero-order valence-corrected chi connectivity index (χ0v) is 17.0. The summed E-state index contributed by atoms with van der Waals surface area (Å²) in [5.74, 6) is -2.03. The number of aromatic nitrogens is 1. The van der Waals surface area contributed by atoms with Gasteiger partial charge in [0.1, 0.15) is 6.61 Å². The molecule has 2 heterocycles. The minimum atomic E-state index is -4.18. The number of carbonyl (C=O) groups is 2. The molecule has 2 fully saturated rings. The van der Waals surface area contributed by atoms with Crippen molar-refractivity contribution in [2.75, 3.05) is 19.8 Å². The highest BCUT2D eigenvalue weighted by molar-refractivity contribution is 5.90. The highest BCUT2D eigenvalue weighted by atomic mass is 19.4. The Hall–Kier alpha value is -2.32. The van der Waals surface area contributed by atoms with E-state index in [1.54, 1.807) is 24.0 Å². The molecule has 1 atom stereocenters. The van der Waals surface area contributed by atoms with Gasteiger partial charge in [-0.15, -0.1) is 0 Å². The van der Waals surface area contributed by atoms with E-state index in [2.05, 4.69) is 4.98 Å². The van der Waals surface area contributed by atoms with E-state index in [4.69, 9.17) is 9.47 Å². The van der Waals surface area contributed by atoms with Crippen LogP contribution >= 0.6 is 0 Å². The summed E-state index contributed by atoms with van der Waals surface area (Å²) in [7, 11) is 0. The first kappa shape index (κ1) is 22.4. The van der Waals surface area contributed by atoms with Gasteiger partial charge < -0.3 is 14.4 Å². The Morgan fingerprint density at radius 3 is 2.60 bits per heavy atom. The minimum absolute atomic E-state index is 0.00744. The normalized spacial score (nSPS) is 24.5. The average Bonchev–Trinajstić information content (AvgIpc) is 3.20. The molecule has 1 aliphatic carbocycles. The highest BCUT2D eigenvalue weighted by Gasteiger charge is 2.44. The molecule has 2 aliphatic rings. The Labute approximate surface area is 173 Å². The quantitative estimate of drug-likeness (QED) is 0.641. The molecule has 0 bridgehead atoms. The van der Waals surface area contributed by atoms with Gasteiger partial charge in [0.05, 0.1) is 18.6 Å². The van der Waals surface area contributed by atoms with Gasteiger partial charge in [0.2, 0.25) is 5.91 Å². The Balaban J connectivity index is 1.58.